The highest BCUT2D eigenvalue weighted by molar-refractivity contribution is 5.69. The highest BCUT2D eigenvalue weighted by Crippen LogP contribution is 2.08. The van der Waals surface area contributed by atoms with Gasteiger partial charge in [-0.1, -0.05) is 25.1 Å². The fourth-order valence-corrected chi connectivity index (χ4v) is 1.23. The average molecular weight is 222 g/mol. The maximum absolute atomic E-state index is 11.0. The maximum atomic E-state index is 11.0. The summed E-state index contributed by atoms with van der Waals surface area (Å²) in [5.74, 6) is 0.726. The summed E-state index contributed by atoms with van der Waals surface area (Å²) >= 11 is 0. The van der Waals surface area contributed by atoms with Crippen LogP contribution in [0.4, 0.5) is 0 Å². The minimum atomic E-state index is -0.123. The van der Waals surface area contributed by atoms with E-state index in [4.69, 9.17) is 9.47 Å². The molecule has 3 nitrogen and oxygen atoms in total. The van der Waals surface area contributed by atoms with Gasteiger partial charge in [0.05, 0.1) is 13.2 Å². The van der Waals surface area contributed by atoms with Gasteiger partial charge in [-0.25, -0.2) is 0 Å². The monoisotopic (exact) mass is 222 g/mol. The average Bonchev–Trinajstić information content (AvgIpc) is 2.30. The summed E-state index contributed by atoms with van der Waals surface area (Å²) in [6, 6.07) is 9.61. The molecule has 0 fully saturated rings. The lowest BCUT2D eigenvalue weighted by molar-refractivity contribution is -0.143. The van der Waals surface area contributed by atoms with E-state index in [1.807, 2.05) is 37.3 Å². The summed E-state index contributed by atoms with van der Waals surface area (Å²) in [7, 11) is 0. The molecule has 1 rings (SSSR count). The number of ether oxygens (including phenoxy) is 2. The fraction of sp³-hybridized carbons (Fsp3) is 0.462. The Morgan fingerprint density at radius 2 is 1.94 bits per heavy atom. The van der Waals surface area contributed by atoms with Gasteiger partial charge in [-0.05, 0) is 18.6 Å². The van der Waals surface area contributed by atoms with Crippen LogP contribution in [-0.4, -0.2) is 19.2 Å². The van der Waals surface area contributed by atoms with Crippen molar-refractivity contribution in [3.05, 3.63) is 30.3 Å². The predicted molar refractivity (Wildman–Crippen MR) is 62.4 cm³/mol. The Kier molecular flexibility index (Phi) is 6.07. The quantitative estimate of drug-likeness (QED) is 0.525. The summed E-state index contributed by atoms with van der Waals surface area (Å²) in [4.78, 5) is 11.0. The molecular formula is C13H18O3. The molecule has 1 aromatic rings. The van der Waals surface area contributed by atoms with Crippen LogP contribution in [0.15, 0.2) is 30.3 Å². The van der Waals surface area contributed by atoms with Crippen molar-refractivity contribution in [3.63, 3.8) is 0 Å². The Balaban J connectivity index is 2.02. The van der Waals surface area contributed by atoms with Crippen molar-refractivity contribution in [1.29, 1.82) is 0 Å². The molecule has 0 spiro atoms. The third-order valence-electron chi connectivity index (χ3n) is 2.02. The van der Waals surface area contributed by atoms with E-state index in [1.165, 1.54) is 0 Å². The van der Waals surface area contributed by atoms with Crippen LogP contribution in [0.5, 0.6) is 5.75 Å². The summed E-state index contributed by atoms with van der Waals surface area (Å²) in [6.07, 6.45) is 2.06. The van der Waals surface area contributed by atoms with E-state index in [0.29, 0.717) is 19.6 Å². The lowest BCUT2D eigenvalue weighted by Crippen LogP contribution is -2.08. The molecule has 0 atom stereocenters. The molecule has 0 aliphatic heterocycles. The number of esters is 1. The molecule has 0 bridgehead atoms. The van der Waals surface area contributed by atoms with Crippen molar-refractivity contribution in [3.8, 4) is 5.75 Å². The smallest absolute Gasteiger partial charge is 0.305 e. The van der Waals surface area contributed by atoms with Crippen LogP contribution in [0, 0.1) is 0 Å². The van der Waals surface area contributed by atoms with E-state index < -0.39 is 0 Å². The summed E-state index contributed by atoms with van der Waals surface area (Å²) in [5, 5.41) is 0. The molecule has 0 amide bonds. The van der Waals surface area contributed by atoms with Crippen molar-refractivity contribution < 1.29 is 14.3 Å². The summed E-state index contributed by atoms with van der Waals surface area (Å²) < 4.78 is 10.5. The van der Waals surface area contributed by atoms with E-state index in [2.05, 4.69) is 0 Å². The van der Waals surface area contributed by atoms with Gasteiger partial charge in [0.1, 0.15) is 5.75 Å². The van der Waals surface area contributed by atoms with E-state index in [-0.39, 0.29) is 5.97 Å². The van der Waals surface area contributed by atoms with Gasteiger partial charge in [-0.3, -0.25) is 4.79 Å². The van der Waals surface area contributed by atoms with Gasteiger partial charge in [0, 0.05) is 12.8 Å². The molecule has 16 heavy (non-hydrogen) atoms. The first-order chi connectivity index (χ1) is 7.83. The third kappa shape index (κ3) is 5.39. The van der Waals surface area contributed by atoms with Crippen LogP contribution in [-0.2, 0) is 9.53 Å². The predicted octanol–water partition coefficient (Wildman–Crippen LogP) is 2.80. The zero-order valence-corrected chi connectivity index (χ0v) is 9.65. The topological polar surface area (TPSA) is 35.5 Å². The second-order valence-electron chi connectivity index (χ2n) is 3.49. The molecule has 0 radical (unpaired) electrons. The normalized spacial score (nSPS) is 9.81. The molecule has 0 saturated heterocycles. The van der Waals surface area contributed by atoms with Gasteiger partial charge < -0.3 is 9.47 Å². The van der Waals surface area contributed by atoms with Crippen LogP contribution in [0.1, 0.15) is 26.2 Å². The number of para-hydroxylation sites is 1. The highest BCUT2D eigenvalue weighted by Gasteiger charge is 1.99. The second kappa shape index (κ2) is 7.74. The molecule has 0 aliphatic rings. The third-order valence-corrected chi connectivity index (χ3v) is 2.02. The second-order valence-corrected chi connectivity index (χ2v) is 3.49. The minimum Gasteiger partial charge on any atom is -0.493 e. The van der Waals surface area contributed by atoms with Gasteiger partial charge >= 0.3 is 5.97 Å². The zero-order valence-electron chi connectivity index (χ0n) is 9.65. The van der Waals surface area contributed by atoms with E-state index in [9.17, 15) is 4.79 Å². The summed E-state index contributed by atoms with van der Waals surface area (Å²) in [6.45, 7) is 2.97. The van der Waals surface area contributed by atoms with Crippen molar-refractivity contribution in [2.45, 2.75) is 26.2 Å². The van der Waals surface area contributed by atoms with Crippen LogP contribution >= 0.6 is 0 Å². The van der Waals surface area contributed by atoms with E-state index >= 15 is 0 Å². The Morgan fingerprint density at radius 3 is 2.62 bits per heavy atom. The van der Waals surface area contributed by atoms with Crippen LogP contribution < -0.4 is 4.74 Å². The first kappa shape index (κ1) is 12.6. The summed E-state index contributed by atoms with van der Waals surface area (Å²) in [5.41, 5.74) is 0. The van der Waals surface area contributed by atoms with Crippen LogP contribution in [0.2, 0.25) is 0 Å². The molecule has 3 heteroatoms. The van der Waals surface area contributed by atoms with Gasteiger partial charge in [0.25, 0.3) is 0 Å². The number of carbonyl (C=O) groups is 1. The number of benzene rings is 1. The largest absolute Gasteiger partial charge is 0.493 e. The highest BCUT2D eigenvalue weighted by atomic mass is 16.5. The van der Waals surface area contributed by atoms with Crippen LogP contribution in [0.25, 0.3) is 0 Å². The molecule has 0 N–H and O–H groups in total. The molecule has 0 saturated carbocycles. The minimum absolute atomic E-state index is 0.123. The van der Waals surface area contributed by atoms with Gasteiger partial charge in [-0.2, -0.15) is 0 Å². The molecule has 0 unspecified atom stereocenters. The SMILES string of the molecule is CCCC(=O)OCCCOc1ccccc1. The molecule has 1 aromatic carbocycles. The first-order valence-corrected chi connectivity index (χ1v) is 5.66. The van der Waals surface area contributed by atoms with Crippen molar-refractivity contribution in [2.24, 2.45) is 0 Å². The Morgan fingerprint density at radius 1 is 1.19 bits per heavy atom. The van der Waals surface area contributed by atoms with E-state index in [1.54, 1.807) is 0 Å². The molecular weight excluding hydrogens is 204 g/mol. The maximum Gasteiger partial charge on any atom is 0.305 e. The molecule has 0 heterocycles. The molecule has 0 aliphatic carbocycles. The standard InChI is InChI=1S/C13H18O3/c1-2-7-13(14)16-11-6-10-15-12-8-4-3-5-9-12/h3-5,8-9H,2,6-7,10-11H2,1H3. The van der Waals surface area contributed by atoms with Crippen LogP contribution in [0.3, 0.4) is 0 Å². The number of hydrogen-bond acceptors (Lipinski definition) is 3. The van der Waals surface area contributed by atoms with Crippen molar-refractivity contribution in [1.82, 2.24) is 0 Å². The Bertz CT molecular complexity index is 295. The lowest BCUT2D eigenvalue weighted by atomic mass is 10.3. The Labute approximate surface area is 96.4 Å². The molecule has 0 aromatic heterocycles. The Hall–Kier alpha value is -1.51. The van der Waals surface area contributed by atoms with Gasteiger partial charge in [0.2, 0.25) is 0 Å². The molecule has 88 valence electrons. The van der Waals surface area contributed by atoms with Crippen molar-refractivity contribution in [2.75, 3.05) is 13.2 Å². The zero-order chi connectivity index (χ0) is 11.6. The van der Waals surface area contributed by atoms with E-state index in [0.717, 1.165) is 18.6 Å². The number of rotatable bonds is 7. The first-order valence-electron chi connectivity index (χ1n) is 5.66. The van der Waals surface area contributed by atoms with Gasteiger partial charge in [0.15, 0.2) is 0 Å². The number of hydrogen-bond donors (Lipinski definition) is 0. The van der Waals surface area contributed by atoms with Crippen molar-refractivity contribution >= 4 is 5.97 Å². The van der Waals surface area contributed by atoms with Gasteiger partial charge in [-0.15, -0.1) is 0 Å². The fourth-order valence-electron chi connectivity index (χ4n) is 1.23. The lowest BCUT2D eigenvalue weighted by Gasteiger charge is -2.06. The number of carbonyl (C=O) groups excluding carboxylic acids is 1.